The van der Waals surface area contributed by atoms with E-state index < -0.39 is 5.97 Å². The number of carboxylic acids is 1. The summed E-state index contributed by atoms with van der Waals surface area (Å²) < 4.78 is 1.52. The number of nitrogens with zero attached hydrogens (tertiary/aromatic N) is 3. The Kier molecular flexibility index (Phi) is 1.89. The summed E-state index contributed by atoms with van der Waals surface area (Å²) in [6.07, 6.45) is 2.76. The molecule has 14 heavy (non-hydrogen) atoms. The van der Waals surface area contributed by atoms with Crippen LogP contribution in [-0.2, 0) is 7.05 Å². The van der Waals surface area contributed by atoms with Crippen LogP contribution in [0.15, 0.2) is 12.4 Å². The third kappa shape index (κ3) is 1.13. The third-order valence-corrected chi connectivity index (χ3v) is 2.29. The number of halogens is 1. The maximum absolute atomic E-state index is 10.9. The van der Waals surface area contributed by atoms with E-state index in [-0.39, 0.29) is 10.8 Å². The number of hydrogen-bond donors (Lipinski definition) is 1. The summed E-state index contributed by atoms with van der Waals surface area (Å²) in [6.45, 7) is 0. The van der Waals surface area contributed by atoms with Crippen LogP contribution in [0.4, 0.5) is 0 Å². The number of aromatic carboxylic acids is 1. The van der Waals surface area contributed by atoms with Gasteiger partial charge in [-0.05, 0) is 11.6 Å². The van der Waals surface area contributed by atoms with E-state index in [4.69, 9.17) is 16.7 Å². The molecular formula is C8H6ClN3O2. The van der Waals surface area contributed by atoms with E-state index in [0.717, 1.165) is 0 Å². The van der Waals surface area contributed by atoms with Crippen molar-refractivity contribution < 1.29 is 9.90 Å². The van der Waals surface area contributed by atoms with E-state index in [2.05, 4.69) is 9.97 Å². The lowest BCUT2D eigenvalue weighted by Crippen LogP contribution is -2.01. The van der Waals surface area contributed by atoms with Crippen LogP contribution < -0.4 is 0 Å². The molecule has 0 aromatic carbocycles. The Morgan fingerprint density at radius 1 is 1.57 bits per heavy atom. The molecule has 0 radical (unpaired) electrons. The Morgan fingerprint density at radius 3 is 2.93 bits per heavy atom. The standard InChI is InChI=1S/C8H6ClN3O2/c1-12-6-4(7(13)14)2-10-3-5(6)11-8(12)9/h2-3H,1H3,(H,13,14). The van der Waals surface area contributed by atoms with Gasteiger partial charge in [0, 0.05) is 13.2 Å². The second-order valence-corrected chi connectivity index (χ2v) is 3.14. The van der Waals surface area contributed by atoms with Gasteiger partial charge in [0.25, 0.3) is 0 Å². The molecular weight excluding hydrogens is 206 g/mol. The maximum atomic E-state index is 10.9. The zero-order valence-corrected chi connectivity index (χ0v) is 7.99. The second-order valence-electron chi connectivity index (χ2n) is 2.80. The molecule has 6 heteroatoms. The summed E-state index contributed by atoms with van der Waals surface area (Å²) in [5, 5.41) is 9.14. The monoisotopic (exact) mass is 211 g/mol. The van der Waals surface area contributed by atoms with Gasteiger partial charge in [-0.3, -0.25) is 4.98 Å². The van der Waals surface area contributed by atoms with Gasteiger partial charge in [-0.15, -0.1) is 0 Å². The van der Waals surface area contributed by atoms with Gasteiger partial charge in [0.1, 0.15) is 11.1 Å². The number of aromatic nitrogens is 3. The molecule has 2 aromatic heterocycles. The predicted molar refractivity (Wildman–Crippen MR) is 50.5 cm³/mol. The number of aryl methyl sites for hydroxylation is 1. The molecule has 0 spiro atoms. The smallest absolute Gasteiger partial charge is 0.339 e. The molecule has 0 aliphatic heterocycles. The van der Waals surface area contributed by atoms with Crippen LogP contribution in [0, 0.1) is 0 Å². The van der Waals surface area contributed by atoms with Crippen LogP contribution in [-0.4, -0.2) is 25.6 Å². The van der Waals surface area contributed by atoms with Gasteiger partial charge < -0.3 is 9.67 Å². The molecule has 0 atom stereocenters. The zero-order valence-electron chi connectivity index (χ0n) is 7.23. The minimum absolute atomic E-state index is 0.101. The topological polar surface area (TPSA) is 68.0 Å². The summed E-state index contributed by atoms with van der Waals surface area (Å²) in [5.41, 5.74) is 1.07. The summed E-state index contributed by atoms with van der Waals surface area (Å²) in [7, 11) is 1.66. The van der Waals surface area contributed by atoms with Gasteiger partial charge >= 0.3 is 5.97 Å². The number of hydrogen-bond acceptors (Lipinski definition) is 3. The van der Waals surface area contributed by atoms with E-state index in [1.165, 1.54) is 17.0 Å². The summed E-state index contributed by atoms with van der Waals surface area (Å²) >= 11 is 5.76. The predicted octanol–water partition coefficient (Wildman–Crippen LogP) is 1.32. The molecule has 0 fully saturated rings. The number of rotatable bonds is 1. The lowest BCUT2D eigenvalue weighted by molar-refractivity contribution is 0.0698. The van der Waals surface area contributed by atoms with Crippen LogP contribution >= 0.6 is 11.6 Å². The van der Waals surface area contributed by atoms with E-state index in [1.807, 2.05) is 0 Å². The Balaban J connectivity index is 2.91. The Bertz CT molecular complexity index is 521. The molecule has 0 aliphatic rings. The molecule has 2 rings (SSSR count). The SMILES string of the molecule is Cn1c(Cl)nc2cncc(C(=O)O)c21. The van der Waals surface area contributed by atoms with Crippen molar-refractivity contribution in [3.8, 4) is 0 Å². The van der Waals surface area contributed by atoms with Crippen LogP contribution in [0.5, 0.6) is 0 Å². The van der Waals surface area contributed by atoms with Crippen molar-refractivity contribution >= 4 is 28.6 Å². The first-order valence-corrected chi connectivity index (χ1v) is 4.18. The average molecular weight is 212 g/mol. The first kappa shape index (κ1) is 8.96. The summed E-state index contributed by atoms with van der Waals surface area (Å²) in [4.78, 5) is 18.6. The molecule has 0 aliphatic carbocycles. The molecule has 0 saturated carbocycles. The molecule has 0 bridgehead atoms. The van der Waals surface area contributed by atoms with Crippen LogP contribution in [0.2, 0.25) is 5.28 Å². The highest BCUT2D eigenvalue weighted by Gasteiger charge is 2.14. The third-order valence-electron chi connectivity index (χ3n) is 1.95. The lowest BCUT2D eigenvalue weighted by Gasteiger charge is -1.98. The number of pyridine rings is 1. The Hall–Kier alpha value is -1.62. The highest BCUT2D eigenvalue weighted by Crippen LogP contribution is 2.20. The van der Waals surface area contributed by atoms with Crippen LogP contribution in [0.1, 0.15) is 10.4 Å². The fourth-order valence-corrected chi connectivity index (χ4v) is 1.48. The maximum Gasteiger partial charge on any atom is 0.339 e. The van der Waals surface area contributed by atoms with Gasteiger partial charge in [-0.25, -0.2) is 9.78 Å². The lowest BCUT2D eigenvalue weighted by atomic mass is 10.2. The Morgan fingerprint density at radius 2 is 2.29 bits per heavy atom. The fourth-order valence-electron chi connectivity index (χ4n) is 1.30. The van der Waals surface area contributed by atoms with E-state index in [0.29, 0.717) is 11.0 Å². The largest absolute Gasteiger partial charge is 0.478 e. The molecule has 0 saturated heterocycles. The van der Waals surface area contributed by atoms with Gasteiger partial charge in [0.05, 0.1) is 11.7 Å². The average Bonchev–Trinajstić information content (AvgIpc) is 2.43. The molecule has 2 aromatic rings. The minimum atomic E-state index is -1.04. The first-order valence-electron chi connectivity index (χ1n) is 3.80. The number of carboxylic acid groups (broad SMARTS) is 1. The fraction of sp³-hybridized carbons (Fsp3) is 0.125. The molecule has 0 amide bonds. The van der Waals surface area contributed by atoms with Crippen molar-refractivity contribution in [1.29, 1.82) is 0 Å². The van der Waals surface area contributed by atoms with Gasteiger partial charge in [-0.1, -0.05) is 0 Å². The second kappa shape index (κ2) is 2.95. The minimum Gasteiger partial charge on any atom is -0.478 e. The van der Waals surface area contributed by atoms with Crippen LogP contribution in [0.25, 0.3) is 11.0 Å². The summed E-state index contributed by atoms with van der Waals surface area (Å²) in [6, 6.07) is 0. The van der Waals surface area contributed by atoms with E-state index in [1.54, 1.807) is 7.05 Å². The molecule has 1 N–H and O–H groups in total. The molecule has 72 valence electrons. The van der Waals surface area contributed by atoms with Crippen molar-refractivity contribution in [2.75, 3.05) is 0 Å². The zero-order chi connectivity index (χ0) is 10.3. The van der Waals surface area contributed by atoms with Crippen molar-refractivity contribution in [2.24, 2.45) is 7.05 Å². The van der Waals surface area contributed by atoms with Gasteiger partial charge in [0.15, 0.2) is 0 Å². The van der Waals surface area contributed by atoms with Crippen molar-refractivity contribution in [3.05, 3.63) is 23.2 Å². The molecule has 0 unspecified atom stereocenters. The molecule has 5 nitrogen and oxygen atoms in total. The Labute approximate surface area is 84.0 Å². The first-order chi connectivity index (χ1) is 6.61. The van der Waals surface area contributed by atoms with Gasteiger partial charge in [0.2, 0.25) is 5.28 Å². The van der Waals surface area contributed by atoms with Crippen LogP contribution in [0.3, 0.4) is 0 Å². The number of imidazole rings is 1. The van der Waals surface area contributed by atoms with E-state index >= 15 is 0 Å². The van der Waals surface area contributed by atoms with E-state index in [9.17, 15) is 4.79 Å². The highest BCUT2D eigenvalue weighted by molar-refractivity contribution is 6.29. The van der Waals surface area contributed by atoms with Crippen molar-refractivity contribution in [2.45, 2.75) is 0 Å². The van der Waals surface area contributed by atoms with Crippen molar-refractivity contribution in [3.63, 3.8) is 0 Å². The summed E-state index contributed by atoms with van der Waals surface area (Å²) in [5.74, 6) is -1.04. The van der Waals surface area contributed by atoms with Gasteiger partial charge in [-0.2, -0.15) is 0 Å². The molecule has 2 heterocycles. The number of carbonyl (C=O) groups is 1. The van der Waals surface area contributed by atoms with Crippen molar-refractivity contribution in [1.82, 2.24) is 14.5 Å². The number of fused-ring (bicyclic) bond motifs is 1. The quantitative estimate of drug-likeness (QED) is 0.773. The normalized spacial score (nSPS) is 10.7. The highest BCUT2D eigenvalue weighted by atomic mass is 35.5.